The molecule has 0 amide bonds. The van der Waals surface area contributed by atoms with Crippen LogP contribution in [-0.4, -0.2) is 139 Å². The van der Waals surface area contributed by atoms with Crippen molar-refractivity contribution in [3.8, 4) is 57.5 Å². The topological polar surface area (TPSA) is 244 Å². The molecule has 3 aliphatic rings. The van der Waals surface area contributed by atoms with Crippen LogP contribution in [0, 0.1) is 82.1 Å². The van der Waals surface area contributed by atoms with Crippen molar-refractivity contribution in [3.05, 3.63) is 260 Å². The van der Waals surface area contributed by atoms with Gasteiger partial charge in [-0.3, -0.25) is 38.5 Å². The van der Waals surface area contributed by atoms with Crippen molar-refractivity contribution in [3.63, 3.8) is 0 Å². The molecular formula is C120H161F2NO19. The second kappa shape index (κ2) is 55.3. The van der Waals surface area contributed by atoms with Crippen molar-refractivity contribution in [2.45, 2.75) is 250 Å². The zero-order valence-electron chi connectivity index (χ0n) is 90.2. The molecule has 142 heavy (non-hydrogen) atoms. The van der Waals surface area contributed by atoms with E-state index >= 15 is 0 Å². The minimum absolute atomic E-state index is 0.0760. The number of aliphatic hydroxyl groups excluding tert-OH is 1. The number of likely N-dealkylation sites (tertiary alicyclic amines) is 1. The molecule has 1 aliphatic heterocycles. The van der Waals surface area contributed by atoms with Gasteiger partial charge in [-0.05, 0) is 216 Å². The number of ketones is 7. The number of hydrogen-bond acceptors (Lipinski definition) is 20. The number of carbonyl (C=O) groups is 7. The molecule has 0 atom stereocenters. The fraction of sp³-hybridized carbons (Fsp3) is 0.492. The standard InChI is InChI=1S/2C19H21FO2.C19H29NO3.C19H28O3.C16H22O3.C15H22O4.C13H18O2/c2*1-13-5-7-14(8-6-13)12-22-17-10-9-15(11-16(17)20)18(21)19(2,3)4;1-19(2,3)18(22)15-7-8-17(16(13-15)14-21)23-12-11-20-9-5-4-6-10-20;1-19(2,3)18(20)15-10-11-16(17(12-15)21-4)22-13-14-8-6-5-7-9-14;1-16(2,3)15(17)12-7-8-13(14(9-12)18-4)19-10-11-5-6-11;1-15(2,3)14(16)11-6-7-12(13(10-11)18-5)19-9-8-17-4;1-9-6-7-10(8-11(9)15-5)12(14)13(2,3)4/h2*5-11H,12H2,1-4H3;7-8,13,21H,4-6,9-12,14H2,1-3H3;10-12,14H,5-9,13H2,1-4H3;7-9,11H,5-6,10H2,1-4H3;6-7,10H,8-9H2,1-5H3;6-8H,1-5H3. The number of benzene rings is 9. The molecule has 1 heterocycles. The smallest absolute Gasteiger partial charge is 0.168 e. The minimum atomic E-state index is -0.531. The number of aryl methyl sites for hydroxylation is 3. The lowest BCUT2D eigenvalue weighted by Gasteiger charge is -2.26. The molecule has 22 heteroatoms. The second-order valence-corrected chi connectivity index (χ2v) is 43.8. The minimum Gasteiger partial charge on any atom is -0.496 e. The van der Waals surface area contributed by atoms with Gasteiger partial charge in [-0.1, -0.05) is 243 Å². The molecule has 1 N–H and O–H groups in total. The molecule has 0 spiro atoms. The zero-order valence-corrected chi connectivity index (χ0v) is 90.2. The number of Topliss-reactive ketones (excluding diaryl/α,β-unsaturated/α-hetero) is 7. The number of methoxy groups -OCH3 is 5. The number of nitrogens with zero attached hydrogens (tertiary/aromatic N) is 1. The van der Waals surface area contributed by atoms with Gasteiger partial charge in [-0.25, -0.2) is 8.78 Å². The quantitative estimate of drug-likeness (QED) is 0.0304. The summed E-state index contributed by atoms with van der Waals surface area (Å²) in [6, 6.07) is 51.6. The predicted octanol–water partition coefficient (Wildman–Crippen LogP) is 27.9. The van der Waals surface area contributed by atoms with Gasteiger partial charge in [0, 0.05) is 96.1 Å². The molecule has 0 aromatic heterocycles. The molecular weight excluding hydrogens is 1800 g/mol. The van der Waals surface area contributed by atoms with E-state index in [0.717, 1.165) is 66.8 Å². The SMILES string of the molecule is CC(C)(C)C(=O)c1ccc(OCCN2CCCCC2)c(CO)c1.COCCOc1ccc(C(=O)C(C)(C)C)cc1OC.COc1cc(C(=O)C(C)(C)C)ccc1C.COc1cc(C(=O)C(C)(C)C)ccc1OCC1CC1.COc1cc(C(=O)C(C)(C)C)ccc1OCC1CCCCC1.Cc1ccc(COc2ccc(C(=O)C(C)(C)C)cc2F)cc1.Cc1ccc(COc2ccc(C(=O)C(C)(C)C)cc2F)cc1. The van der Waals surface area contributed by atoms with Crippen LogP contribution in [0.4, 0.5) is 8.78 Å². The van der Waals surface area contributed by atoms with Crippen LogP contribution >= 0.6 is 0 Å². The van der Waals surface area contributed by atoms with Gasteiger partial charge in [0.25, 0.3) is 0 Å². The maximum absolute atomic E-state index is 14.1. The van der Waals surface area contributed by atoms with E-state index in [1.807, 2.05) is 257 Å². The molecule has 20 nitrogen and oxygen atoms in total. The number of hydrogen-bond donors (Lipinski definition) is 1. The lowest BCUT2D eigenvalue weighted by atomic mass is 9.86. The molecule has 9 aromatic carbocycles. The van der Waals surface area contributed by atoms with Gasteiger partial charge in [0.15, 0.2) is 98.1 Å². The average Bonchev–Trinajstić information content (AvgIpc) is 1.31. The lowest BCUT2D eigenvalue weighted by molar-refractivity contribution is 0.0852. The fourth-order valence-corrected chi connectivity index (χ4v) is 14.7. The van der Waals surface area contributed by atoms with Crippen LogP contribution in [0.3, 0.4) is 0 Å². The van der Waals surface area contributed by atoms with Crippen molar-refractivity contribution < 1.29 is 99.6 Å². The number of piperidine rings is 1. The van der Waals surface area contributed by atoms with Crippen molar-refractivity contribution in [1.82, 2.24) is 4.90 Å². The summed E-state index contributed by atoms with van der Waals surface area (Å²) >= 11 is 0. The highest BCUT2D eigenvalue weighted by atomic mass is 19.1. The Morgan fingerprint density at radius 1 is 0.303 bits per heavy atom. The number of rotatable bonds is 32. The van der Waals surface area contributed by atoms with E-state index < -0.39 is 38.7 Å². The van der Waals surface area contributed by atoms with Crippen LogP contribution in [0.5, 0.6) is 57.5 Å². The van der Waals surface area contributed by atoms with Crippen molar-refractivity contribution in [2.24, 2.45) is 49.7 Å². The van der Waals surface area contributed by atoms with Crippen molar-refractivity contribution in [1.29, 1.82) is 0 Å². The summed E-state index contributed by atoms with van der Waals surface area (Å²) in [6.45, 7) is 52.2. The van der Waals surface area contributed by atoms with Gasteiger partial charge in [0.05, 0.1) is 54.9 Å². The van der Waals surface area contributed by atoms with Crippen molar-refractivity contribution >= 4 is 40.5 Å². The number of carbonyl (C=O) groups excluding carboxylic acids is 7. The van der Waals surface area contributed by atoms with E-state index in [1.54, 1.807) is 96.2 Å². The Kier molecular flexibility index (Phi) is 46.4. The van der Waals surface area contributed by atoms with E-state index in [0.29, 0.717) is 118 Å². The lowest BCUT2D eigenvalue weighted by Crippen LogP contribution is -2.33. The van der Waals surface area contributed by atoms with Crippen LogP contribution in [0.25, 0.3) is 0 Å². The Hall–Kier alpha value is -11.6. The Morgan fingerprint density at radius 2 is 0.592 bits per heavy atom. The maximum atomic E-state index is 14.1. The van der Waals surface area contributed by atoms with E-state index in [9.17, 15) is 47.4 Å². The molecule has 9 aromatic rings. The molecule has 3 fully saturated rings. The summed E-state index contributed by atoms with van der Waals surface area (Å²) in [5.74, 6) is 6.34. The molecule has 0 radical (unpaired) electrons. The van der Waals surface area contributed by atoms with E-state index in [1.165, 1.54) is 99.6 Å². The largest absolute Gasteiger partial charge is 0.496 e. The van der Waals surface area contributed by atoms with Crippen molar-refractivity contribution in [2.75, 3.05) is 88.2 Å². The highest BCUT2D eigenvalue weighted by Gasteiger charge is 2.32. The van der Waals surface area contributed by atoms with E-state index in [4.69, 9.17) is 52.1 Å². The van der Waals surface area contributed by atoms with Crippen LogP contribution in [0.15, 0.2) is 176 Å². The highest BCUT2D eigenvalue weighted by molar-refractivity contribution is 6.04. The molecule has 1 saturated heterocycles. The molecule has 0 unspecified atom stereocenters. The first-order chi connectivity index (χ1) is 66.5. The van der Waals surface area contributed by atoms with Gasteiger partial charge in [-0.2, -0.15) is 0 Å². The third-order valence-electron chi connectivity index (χ3n) is 23.7. The zero-order chi connectivity index (χ0) is 106. The monoisotopic (exact) mass is 1960 g/mol. The van der Waals surface area contributed by atoms with Crippen LogP contribution in [0.1, 0.15) is 315 Å². The van der Waals surface area contributed by atoms with E-state index in [2.05, 4.69) is 4.90 Å². The third-order valence-corrected chi connectivity index (χ3v) is 23.7. The Morgan fingerprint density at radius 3 is 0.908 bits per heavy atom. The second-order valence-electron chi connectivity index (χ2n) is 43.8. The molecule has 12 rings (SSSR count). The van der Waals surface area contributed by atoms with Crippen LogP contribution in [-0.2, 0) is 24.6 Å². The number of ether oxygens (including phenoxy) is 11. The normalized spacial score (nSPS) is 13.4. The molecule has 774 valence electrons. The first-order valence-corrected chi connectivity index (χ1v) is 49.5. The summed E-state index contributed by atoms with van der Waals surface area (Å²) < 4.78 is 88.3. The molecule has 2 saturated carbocycles. The Bertz CT molecular complexity index is 5430. The summed E-state index contributed by atoms with van der Waals surface area (Å²) in [6.07, 6.45) is 12.8. The summed E-state index contributed by atoms with van der Waals surface area (Å²) in [5.41, 5.74) is 7.02. The predicted molar refractivity (Wildman–Crippen MR) is 563 cm³/mol. The first-order valence-electron chi connectivity index (χ1n) is 49.5. The Balaban J connectivity index is 0.000000254. The number of aliphatic hydroxyl groups is 1. The van der Waals surface area contributed by atoms with Gasteiger partial charge in [0.2, 0.25) is 0 Å². The van der Waals surface area contributed by atoms with Gasteiger partial charge in [-0.15, -0.1) is 0 Å². The number of halogens is 2. The maximum Gasteiger partial charge on any atom is 0.168 e. The van der Waals surface area contributed by atoms with Crippen LogP contribution in [0.2, 0.25) is 0 Å². The summed E-state index contributed by atoms with van der Waals surface area (Å²) in [4.78, 5) is 87.8. The summed E-state index contributed by atoms with van der Waals surface area (Å²) in [5, 5.41) is 9.57. The van der Waals surface area contributed by atoms with Gasteiger partial charge < -0.3 is 57.2 Å². The highest BCUT2D eigenvalue weighted by Crippen LogP contribution is 2.39. The Labute approximate surface area is 845 Å². The first kappa shape index (κ1) is 119. The van der Waals surface area contributed by atoms with E-state index in [-0.39, 0.29) is 69.4 Å². The molecule has 0 bridgehead atoms. The van der Waals surface area contributed by atoms with Crippen LogP contribution < -0.4 is 47.4 Å². The molecule has 2 aliphatic carbocycles. The third kappa shape index (κ3) is 39.6. The fourth-order valence-electron chi connectivity index (χ4n) is 14.7. The van der Waals surface area contributed by atoms with Gasteiger partial charge >= 0.3 is 0 Å². The van der Waals surface area contributed by atoms with Gasteiger partial charge in [0.1, 0.15) is 37.9 Å². The summed E-state index contributed by atoms with van der Waals surface area (Å²) in [7, 11) is 8.02. The average molecular weight is 1960 g/mol.